The molecule has 0 aliphatic rings. The second-order valence-corrected chi connectivity index (χ2v) is 9.18. The number of ether oxygens (including phenoxy) is 2. The van der Waals surface area contributed by atoms with Crippen molar-refractivity contribution in [1.82, 2.24) is 0 Å². The fourth-order valence-corrected chi connectivity index (χ4v) is 4.95. The first-order chi connectivity index (χ1) is 13.1. The molecular weight excluding hydrogens is 363 g/mol. The lowest BCUT2D eigenvalue weighted by atomic mass is 9.78. The molecule has 0 N–H and O–H groups in total. The van der Waals surface area contributed by atoms with Crippen molar-refractivity contribution in [2.75, 3.05) is 14.2 Å². The summed E-state index contributed by atoms with van der Waals surface area (Å²) in [6.45, 7) is 18.1. The number of rotatable bonds is 6. The van der Waals surface area contributed by atoms with E-state index in [-0.39, 0.29) is 0 Å². The first kappa shape index (κ1) is 22.8. The molecule has 154 valence electrons. The Morgan fingerprint density at radius 2 is 1.21 bits per heavy atom. The van der Waals surface area contributed by atoms with Crippen molar-refractivity contribution >= 4 is 14.5 Å². The van der Waals surface area contributed by atoms with Gasteiger partial charge in [0, 0.05) is 11.1 Å². The maximum Gasteiger partial charge on any atom is 0.164 e. The smallest absolute Gasteiger partial charge is 0.164 e. The van der Waals surface area contributed by atoms with Gasteiger partial charge >= 0.3 is 0 Å². The van der Waals surface area contributed by atoms with Crippen LogP contribution in [0.4, 0.5) is 0 Å². The summed E-state index contributed by atoms with van der Waals surface area (Å²) in [4.78, 5) is 0. The third-order valence-electron chi connectivity index (χ3n) is 5.71. The zero-order valence-corrected chi connectivity index (χ0v) is 20.4. The average Bonchev–Trinajstić information content (AvgIpc) is 2.63. The summed E-state index contributed by atoms with van der Waals surface area (Å²) in [5.74, 6) is 3.07. The quantitative estimate of drug-likeness (QED) is 0.493. The van der Waals surface area contributed by atoms with Gasteiger partial charge in [-0.25, -0.2) is 0 Å². The van der Waals surface area contributed by atoms with Crippen LogP contribution in [0.1, 0.15) is 87.1 Å². The highest BCUT2D eigenvalue weighted by molar-refractivity contribution is 7.28. The summed E-state index contributed by atoms with van der Waals surface area (Å²) < 4.78 is 11.4. The summed E-state index contributed by atoms with van der Waals surface area (Å²) in [6.07, 6.45) is 0. The monoisotopic (exact) mass is 400 g/mol. The lowest BCUT2D eigenvalue weighted by Gasteiger charge is -2.28. The van der Waals surface area contributed by atoms with Crippen molar-refractivity contribution in [1.29, 1.82) is 0 Å². The molecule has 2 aromatic carbocycles. The van der Waals surface area contributed by atoms with Gasteiger partial charge in [0.25, 0.3) is 0 Å². The number of benzene rings is 2. The molecule has 0 bridgehead atoms. The van der Waals surface area contributed by atoms with Gasteiger partial charge in [-0.2, -0.15) is 0 Å². The van der Waals surface area contributed by atoms with Gasteiger partial charge in [0.15, 0.2) is 11.5 Å². The van der Waals surface area contributed by atoms with Gasteiger partial charge < -0.3 is 9.47 Å². The third-order valence-corrected chi connectivity index (χ3v) is 6.43. The number of methoxy groups -OCH3 is 2. The minimum atomic E-state index is 0.434. The topological polar surface area (TPSA) is 18.5 Å². The Morgan fingerprint density at radius 1 is 0.714 bits per heavy atom. The third kappa shape index (κ3) is 3.81. The van der Waals surface area contributed by atoms with Gasteiger partial charge in [-0.15, -0.1) is 9.24 Å². The summed E-state index contributed by atoms with van der Waals surface area (Å²) in [5, 5.41) is 1.18. The van der Waals surface area contributed by atoms with E-state index in [0.29, 0.717) is 17.8 Å². The highest BCUT2D eigenvalue weighted by atomic mass is 31.0. The Hall–Kier alpha value is -1.53. The zero-order valence-electron chi connectivity index (χ0n) is 19.3. The van der Waals surface area contributed by atoms with Crippen molar-refractivity contribution in [2.45, 2.75) is 73.1 Å². The van der Waals surface area contributed by atoms with E-state index in [9.17, 15) is 0 Å². The molecule has 2 aromatic rings. The molecule has 0 radical (unpaired) electrons. The maximum atomic E-state index is 5.77. The minimum Gasteiger partial charge on any atom is -0.493 e. The maximum absolute atomic E-state index is 5.77. The van der Waals surface area contributed by atoms with E-state index in [2.05, 4.69) is 76.8 Å². The van der Waals surface area contributed by atoms with Gasteiger partial charge in [0.2, 0.25) is 0 Å². The molecule has 3 heteroatoms. The molecule has 0 saturated heterocycles. The Labute approximate surface area is 174 Å². The van der Waals surface area contributed by atoms with Gasteiger partial charge in [-0.3, -0.25) is 0 Å². The van der Waals surface area contributed by atoms with Crippen LogP contribution >= 0.6 is 9.24 Å². The molecule has 1 atom stereocenters. The van der Waals surface area contributed by atoms with E-state index in [0.717, 1.165) is 22.6 Å². The number of hydrogen-bond donors (Lipinski definition) is 0. The summed E-state index contributed by atoms with van der Waals surface area (Å²) >= 11 is 0. The summed E-state index contributed by atoms with van der Waals surface area (Å²) in [6, 6.07) is 4.65. The van der Waals surface area contributed by atoms with E-state index in [1.54, 1.807) is 14.2 Å². The highest BCUT2D eigenvalue weighted by Crippen LogP contribution is 2.45. The van der Waals surface area contributed by atoms with Crippen LogP contribution in [0.15, 0.2) is 12.1 Å². The molecule has 0 aliphatic carbocycles. The molecule has 0 fully saturated rings. The van der Waals surface area contributed by atoms with Gasteiger partial charge in [0.05, 0.1) is 14.2 Å². The van der Waals surface area contributed by atoms with Crippen molar-refractivity contribution in [3.05, 3.63) is 39.9 Å². The van der Waals surface area contributed by atoms with Crippen molar-refractivity contribution in [3.63, 3.8) is 0 Å². The largest absolute Gasteiger partial charge is 0.493 e. The molecular formula is C25H37O2P. The van der Waals surface area contributed by atoms with E-state index < -0.39 is 0 Å². The van der Waals surface area contributed by atoms with Crippen LogP contribution in [0.25, 0.3) is 11.1 Å². The Balaban J connectivity index is 3.01. The van der Waals surface area contributed by atoms with Crippen LogP contribution in [0.2, 0.25) is 0 Å². The normalized spacial score (nSPS) is 11.6. The van der Waals surface area contributed by atoms with Crippen molar-refractivity contribution < 1.29 is 9.47 Å². The van der Waals surface area contributed by atoms with E-state index in [1.165, 1.54) is 33.1 Å². The zero-order chi connectivity index (χ0) is 21.3. The fraction of sp³-hybridized carbons (Fsp3) is 0.520. The lowest BCUT2D eigenvalue weighted by molar-refractivity contribution is 0.351. The van der Waals surface area contributed by atoms with Gasteiger partial charge in [-0.1, -0.05) is 53.7 Å². The molecule has 2 nitrogen and oxygen atoms in total. The summed E-state index contributed by atoms with van der Waals surface area (Å²) in [7, 11) is 6.38. The molecule has 0 aliphatic heterocycles. The van der Waals surface area contributed by atoms with Crippen LogP contribution in [-0.4, -0.2) is 14.2 Å². The second kappa shape index (κ2) is 8.87. The fourth-order valence-electron chi connectivity index (χ4n) is 4.45. The molecule has 0 heterocycles. The Kier molecular flexibility index (Phi) is 7.21. The molecule has 0 amide bonds. The Morgan fingerprint density at radius 3 is 1.64 bits per heavy atom. The molecule has 0 spiro atoms. The van der Waals surface area contributed by atoms with Crippen LogP contribution < -0.4 is 14.8 Å². The van der Waals surface area contributed by atoms with E-state index >= 15 is 0 Å². The first-order valence-corrected chi connectivity index (χ1v) is 10.8. The minimum absolute atomic E-state index is 0.434. The predicted molar refractivity (Wildman–Crippen MR) is 126 cm³/mol. The SMILES string of the molecule is COc1c(C)c(P)c(-c2ccc(C(C)C)c(C(C)C)c2C(C)C)c(C)c1OC. The van der Waals surface area contributed by atoms with Gasteiger partial charge in [0.1, 0.15) is 0 Å². The van der Waals surface area contributed by atoms with Gasteiger partial charge in [-0.05, 0) is 64.7 Å². The first-order valence-electron chi connectivity index (χ1n) is 10.3. The molecule has 28 heavy (non-hydrogen) atoms. The standard InChI is InChI=1S/C25H37O2P/c1-13(2)18-11-12-19(21(15(5)6)20(18)14(3)4)22-16(7)23(26-9)24(27-10)17(8)25(22)28/h11-15H,28H2,1-10H3. The summed E-state index contributed by atoms with van der Waals surface area (Å²) in [5.41, 5.74) is 9.22. The Bertz CT molecular complexity index is 864. The number of hydrogen-bond acceptors (Lipinski definition) is 2. The van der Waals surface area contributed by atoms with Crippen molar-refractivity contribution in [2.24, 2.45) is 0 Å². The van der Waals surface area contributed by atoms with Crippen LogP contribution in [0.3, 0.4) is 0 Å². The van der Waals surface area contributed by atoms with Crippen LogP contribution in [-0.2, 0) is 0 Å². The van der Waals surface area contributed by atoms with E-state index in [1.807, 2.05) is 0 Å². The lowest BCUT2D eigenvalue weighted by Crippen LogP contribution is -2.13. The second-order valence-electron chi connectivity index (χ2n) is 8.60. The average molecular weight is 401 g/mol. The molecule has 0 aromatic heterocycles. The van der Waals surface area contributed by atoms with Crippen molar-refractivity contribution in [3.8, 4) is 22.6 Å². The van der Waals surface area contributed by atoms with Crippen LogP contribution in [0.5, 0.6) is 11.5 Å². The molecule has 2 rings (SSSR count). The van der Waals surface area contributed by atoms with E-state index in [4.69, 9.17) is 9.47 Å². The van der Waals surface area contributed by atoms with Crippen LogP contribution in [0, 0.1) is 13.8 Å². The highest BCUT2D eigenvalue weighted by Gasteiger charge is 2.25. The molecule has 1 unspecified atom stereocenters. The molecule has 0 saturated carbocycles. The predicted octanol–water partition coefficient (Wildman–Crippen LogP) is 6.86.